The highest BCUT2D eigenvalue weighted by molar-refractivity contribution is 5.73. The molecule has 2 aromatic carbocycles. The average molecular weight is 229 g/mol. The summed E-state index contributed by atoms with van der Waals surface area (Å²) in [6.45, 7) is 0. The Hall–Kier alpha value is -2.56. The molecule has 0 aliphatic rings. The molecule has 0 heterocycles. The smallest absolute Gasteiger partial charge is 0.292 e. The van der Waals surface area contributed by atoms with Gasteiger partial charge in [0.25, 0.3) is 5.69 Å². The zero-order valence-corrected chi connectivity index (χ0v) is 8.96. The Labute approximate surface area is 98.0 Å². The minimum atomic E-state index is -0.440. The Morgan fingerprint density at radius 3 is 2.47 bits per heavy atom. The van der Waals surface area contributed by atoms with Gasteiger partial charge in [0.05, 0.1) is 4.92 Å². The number of anilines is 3. The predicted molar refractivity (Wildman–Crippen MR) is 67.2 cm³/mol. The fraction of sp³-hybridized carbons (Fsp3) is 0. The Morgan fingerprint density at radius 2 is 1.82 bits per heavy atom. The summed E-state index contributed by atoms with van der Waals surface area (Å²) in [5, 5.41) is 13.8. The Bertz CT molecular complexity index is 541. The molecule has 0 spiro atoms. The van der Waals surface area contributed by atoms with Crippen LogP contribution in [0.2, 0.25) is 0 Å². The molecule has 0 aliphatic carbocycles. The first-order valence-corrected chi connectivity index (χ1v) is 5.03. The van der Waals surface area contributed by atoms with Gasteiger partial charge in [-0.15, -0.1) is 0 Å². The van der Waals surface area contributed by atoms with Crippen LogP contribution in [0.15, 0.2) is 48.5 Å². The molecule has 0 saturated carbocycles. The third-order valence-corrected chi connectivity index (χ3v) is 2.27. The SMILES string of the molecule is Nc1ccc([N+](=O)[O-])c(Nc2ccccc2)c1. The standard InChI is InChI=1S/C12H11N3O2/c13-9-6-7-12(15(16)17)11(8-9)14-10-4-2-1-3-5-10/h1-8,14H,13H2. The van der Waals surface area contributed by atoms with Crippen molar-refractivity contribution in [3.8, 4) is 0 Å². The number of nitrogens with zero attached hydrogens (tertiary/aromatic N) is 1. The van der Waals surface area contributed by atoms with E-state index >= 15 is 0 Å². The van der Waals surface area contributed by atoms with Crippen molar-refractivity contribution in [1.82, 2.24) is 0 Å². The first-order chi connectivity index (χ1) is 8.16. The number of nitro groups is 1. The van der Waals surface area contributed by atoms with Crippen LogP contribution in [-0.2, 0) is 0 Å². The van der Waals surface area contributed by atoms with Crippen LogP contribution in [0.5, 0.6) is 0 Å². The van der Waals surface area contributed by atoms with Crippen LogP contribution < -0.4 is 11.1 Å². The molecular weight excluding hydrogens is 218 g/mol. The van der Waals surface area contributed by atoms with Gasteiger partial charge < -0.3 is 11.1 Å². The van der Waals surface area contributed by atoms with E-state index in [0.717, 1.165) is 5.69 Å². The molecule has 5 heteroatoms. The van der Waals surface area contributed by atoms with Crippen molar-refractivity contribution in [2.75, 3.05) is 11.1 Å². The molecule has 0 aromatic heterocycles. The zero-order valence-electron chi connectivity index (χ0n) is 8.96. The molecule has 2 aromatic rings. The number of hydrogen-bond donors (Lipinski definition) is 2. The summed E-state index contributed by atoms with van der Waals surface area (Å²) in [7, 11) is 0. The second kappa shape index (κ2) is 4.52. The quantitative estimate of drug-likeness (QED) is 0.481. The van der Waals surface area contributed by atoms with E-state index in [2.05, 4.69) is 5.32 Å². The molecule has 86 valence electrons. The lowest BCUT2D eigenvalue weighted by molar-refractivity contribution is -0.383. The van der Waals surface area contributed by atoms with E-state index in [-0.39, 0.29) is 5.69 Å². The lowest BCUT2D eigenvalue weighted by Crippen LogP contribution is -1.98. The largest absolute Gasteiger partial charge is 0.399 e. The second-order valence-corrected chi connectivity index (χ2v) is 3.52. The van der Waals surface area contributed by atoms with Crippen molar-refractivity contribution in [2.45, 2.75) is 0 Å². The summed E-state index contributed by atoms with van der Waals surface area (Å²) in [5.74, 6) is 0. The Kier molecular flexibility index (Phi) is 2.91. The number of benzene rings is 2. The number of nitrogen functional groups attached to an aromatic ring is 1. The van der Waals surface area contributed by atoms with Gasteiger partial charge in [-0.2, -0.15) is 0 Å². The van der Waals surface area contributed by atoms with Gasteiger partial charge in [0.2, 0.25) is 0 Å². The maximum absolute atomic E-state index is 10.8. The summed E-state index contributed by atoms with van der Waals surface area (Å²) >= 11 is 0. The van der Waals surface area contributed by atoms with E-state index in [1.165, 1.54) is 12.1 Å². The number of nitro benzene ring substituents is 1. The van der Waals surface area contributed by atoms with Crippen LogP contribution in [0, 0.1) is 10.1 Å². The molecule has 0 atom stereocenters. The normalized spacial score (nSPS) is 9.88. The van der Waals surface area contributed by atoms with Crippen LogP contribution in [-0.4, -0.2) is 4.92 Å². The van der Waals surface area contributed by atoms with Gasteiger partial charge in [0, 0.05) is 17.4 Å². The first-order valence-electron chi connectivity index (χ1n) is 5.03. The van der Waals surface area contributed by atoms with Crippen molar-refractivity contribution in [3.05, 3.63) is 58.6 Å². The Balaban J connectivity index is 2.37. The third kappa shape index (κ3) is 2.52. The molecule has 0 aliphatic heterocycles. The summed E-state index contributed by atoms with van der Waals surface area (Å²) in [4.78, 5) is 10.4. The monoisotopic (exact) mass is 229 g/mol. The van der Waals surface area contributed by atoms with Gasteiger partial charge in [0.1, 0.15) is 5.69 Å². The molecule has 0 fully saturated rings. The molecule has 17 heavy (non-hydrogen) atoms. The molecule has 0 bridgehead atoms. The summed E-state index contributed by atoms with van der Waals surface area (Å²) < 4.78 is 0. The fourth-order valence-electron chi connectivity index (χ4n) is 1.49. The lowest BCUT2D eigenvalue weighted by atomic mass is 10.2. The number of nitrogens with two attached hydrogens (primary N) is 1. The van der Waals surface area contributed by atoms with E-state index in [4.69, 9.17) is 5.73 Å². The van der Waals surface area contributed by atoms with Crippen molar-refractivity contribution in [3.63, 3.8) is 0 Å². The minimum Gasteiger partial charge on any atom is -0.399 e. The highest BCUT2D eigenvalue weighted by Crippen LogP contribution is 2.29. The van der Waals surface area contributed by atoms with E-state index in [0.29, 0.717) is 11.4 Å². The number of para-hydroxylation sites is 1. The van der Waals surface area contributed by atoms with Crippen LogP contribution in [0.3, 0.4) is 0 Å². The summed E-state index contributed by atoms with van der Waals surface area (Å²) in [5.41, 5.74) is 7.27. The predicted octanol–water partition coefficient (Wildman–Crippen LogP) is 2.92. The van der Waals surface area contributed by atoms with Gasteiger partial charge in [0.15, 0.2) is 0 Å². The zero-order chi connectivity index (χ0) is 12.3. The van der Waals surface area contributed by atoms with E-state index in [1.54, 1.807) is 6.07 Å². The van der Waals surface area contributed by atoms with Crippen molar-refractivity contribution < 1.29 is 4.92 Å². The van der Waals surface area contributed by atoms with Crippen LogP contribution in [0.4, 0.5) is 22.7 Å². The highest BCUT2D eigenvalue weighted by Gasteiger charge is 2.13. The fourth-order valence-corrected chi connectivity index (χ4v) is 1.49. The molecule has 0 unspecified atom stereocenters. The second-order valence-electron chi connectivity index (χ2n) is 3.52. The molecule has 3 N–H and O–H groups in total. The van der Waals surface area contributed by atoms with Gasteiger partial charge in [-0.3, -0.25) is 10.1 Å². The molecule has 5 nitrogen and oxygen atoms in total. The summed E-state index contributed by atoms with van der Waals surface area (Å²) in [6, 6.07) is 13.7. The van der Waals surface area contributed by atoms with Crippen LogP contribution >= 0.6 is 0 Å². The van der Waals surface area contributed by atoms with Gasteiger partial charge in [-0.25, -0.2) is 0 Å². The maximum atomic E-state index is 10.8. The minimum absolute atomic E-state index is 0.00283. The van der Waals surface area contributed by atoms with Crippen molar-refractivity contribution >= 4 is 22.7 Å². The van der Waals surface area contributed by atoms with E-state index < -0.39 is 4.92 Å². The molecule has 2 rings (SSSR count). The average Bonchev–Trinajstić information content (AvgIpc) is 2.30. The summed E-state index contributed by atoms with van der Waals surface area (Å²) in [6.07, 6.45) is 0. The van der Waals surface area contributed by atoms with E-state index in [9.17, 15) is 10.1 Å². The van der Waals surface area contributed by atoms with E-state index in [1.807, 2.05) is 30.3 Å². The number of nitrogens with one attached hydrogen (secondary N) is 1. The topological polar surface area (TPSA) is 81.2 Å². The van der Waals surface area contributed by atoms with Gasteiger partial charge >= 0.3 is 0 Å². The Morgan fingerprint density at radius 1 is 1.12 bits per heavy atom. The van der Waals surface area contributed by atoms with Crippen molar-refractivity contribution in [2.24, 2.45) is 0 Å². The lowest BCUT2D eigenvalue weighted by Gasteiger charge is -2.07. The molecule has 0 saturated heterocycles. The highest BCUT2D eigenvalue weighted by atomic mass is 16.6. The maximum Gasteiger partial charge on any atom is 0.292 e. The number of rotatable bonds is 3. The van der Waals surface area contributed by atoms with Gasteiger partial charge in [-0.1, -0.05) is 18.2 Å². The third-order valence-electron chi connectivity index (χ3n) is 2.27. The molecule has 0 amide bonds. The van der Waals surface area contributed by atoms with Crippen LogP contribution in [0.25, 0.3) is 0 Å². The number of hydrogen-bond acceptors (Lipinski definition) is 4. The molecule has 0 radical (unpaired) electrons. The first kappa shape index (κ1) is 10.9. The molecular formula is C12H11N3O2. The van der Waals surface area contributed by atoms with Crippen LogP contribution in [0.1, 0.15) is 0 Å². The van der Waals surface area contributed by atoms with Gasteiger partial charge in [-0.05, 0) is 24.3 Å². The van der Waals surface area contributed by atoms with Crippen molar-refractivity contribution in [1.29, 1.82) is 0 Å².